The summed E-state index contributed by atoms with van der Waals surface area (Å²) < 4.78 is 7.75. The number of anilines is 1. The van der Waals surface area contributed by atoms with E-state index in [-0.39, 0.29) is 18.2 Å². The zero-order chi connectivity index (χ0) is 24.1. The summed E-state index contributed by atoms with van der Waals surface area (Å²) in [6.45, 7) is 7.70. The van der Waals surface area contributed by atoms with Gasteiger partial charge in [0.1, 0.15) is 6.54 Å². The van der Waals surface area contributed by atoms with E-state index < -0.39 is 0 Å². The van der Waals surface area contributed by atoms with Gasteiger partial charge in [0, 0.05) is 54.3 Å². The summed E-state index contributed by atoms with van der Waals surface area (Å²) >= 11 is 0. The zero-order valence-electron chi connectivity index (χ0n) is 19.9. The van der Waals surface area contributed by atoms with Crippen molar-refractivity contribution >= 4 is 28.4 Å². The maximum Gasteiger partial charge on any atom is 0.242 e. The number of rotatable bonds is 9. The van der Waals surface area contributed by atoms with Crippen LogP contribution in [0, 0.1) is 6.92 Å². The second-order valence-electron chi connectivity index (χ2n) is 8.32. The predicted octanol–water partition coefficient (Wildman–Crippen LogP) is 5.04. The Bertz CT molecular complexity index is 1280. The van der Waals surface area contributed by atoms with Crippen molar-refractivity contribution in [1.29, 1.82) is 0 Å². The molecule has 176 valence electrons. The molecule has 0 bridgehead atoms. The molecule has 1 N–H and O–H groups in total. The average molecular weight is 459 g/mol. The Hall–Kier alpha value is -3.87. The molecule has 0 saturated heterocycles. The third-order valence-electron chi connectivity index (χ3n) is 5.93. The lowest BCUT2D eigenvalue weighted by molar-refractivity contribution is -0.131. The number of likely N-dealkylation sites (N-methyl/N-ethyl adjacent to an activating group) is 1. The average Bonchev–Trinajstić information content (AvgIpc) is 3.46. The first-order valence-corrected chi connectivity index (χ1v) is 11.6. The highest BCUT2D eigenvalue weighted by Crippen LogP contribution is 2.23. The van der Waals surface area contributed by atoms with E-state index in [1.165, 1.54) is 5.56 Å². The number of aryl methyl sites for hydroxylation is 2. The third kappa shape index (κ3) is 5.36. The Balaban J connectivity index is 1.34. The van der Waals surface area contributed by atoms with Gasteiger partial charge in [-0.2, -0.15) is 0 Å². The van der Waals surface area contributed by atoms with Crippen LogP contribution >= 0.6 is 0 Å². The van der Waals surface area contributed by atoms with Crippen molar-refractivity contribution in [1.82, 2.24) is 14.5 Å². The van der Waals surface area contributed by atoms with Crippen molar-refractivity contribution < 1.29 is 14.0 Å². The number of carbonyl (C=O) groups is 2. The Morgan fingerprint density at radius 1 is 1.06 bits per heavy atom. The van der Waals surface area contributed by atoms with E-state index in [1.54, 1.807) is 6.20 Å². The molecule has 0 fully saturated rings. The zero-order valence-corrected chi connectivity index (χ0v) is 19.9. The fourth-order valence-electron chi connectivity index (χ4n) is 3.96. The Morgan fingerprint density at radius 3 is 2.56 bits per heavy atom. The normalized spacial score (nSPS) is 11.0. The topological polar surface area (TPSA) is 80.4 Å². The number of benzene rings is 2. The van der Waals surface area contributed by atoms with Crippen molar-refractivity contribution in [3.8, 4) is 11.3 Å². The van der Waals surface area contributed by atoms with Crippen LogP contribution in [0.25, 0.3) is 22.2 Å². The number of hydrogen-bond acceptors (Lipinski definition) is 4. The number of aromatic nitrogens is 2. The molecule has 2 aromatic heterocycles. The van der Waals surface area contributed by atoms with E-state index in [1.807, 2.05) is 85.0 Å². The Kier molecular flexibility index (Phi) is 7.11. The maximum absolute atomic E-state index is 12.5. The van der Waals surface area contributed by atoms with Gasteiger partial charge in [-0.3, -0.25) is 9.59 Å². The summed E-state index contributed by atoms with van der Waals surface area (Å²) in [6, 6.07) is 15.7. The molecule has 0 spiro atoms. The maximum atomic E-state index is 12.5. The minimum atomic E-state index is -0.106. The summed E-state index contributed by atoms with van der Waals surface area (Å²) in [7, 11) is 0. The quantitative estimate of drug-likeness (QED) is 0.381. The predicted molar refractivity (Wildman–Crippen MR) is 133 cm³/mol. The van der Waals surface area contributed by atoms with Gasteiger partial charge in [-0.25, -0.2) is 4.98 Å². The van der Waals surface area contributed by atoms with E-state index in [9.17, 15) is 9.59 Å². The first-order valence-electron chi connectivity index (χ1n) is 11.6. The lowest BCUT2D eigenvalue weighted by atomic mass is 10.1. The van der Waals surface area contributed by atoms with Crippen LogP contribution in [0.15, 0.2) is 65.3 Å². The van der Waals surface area contributed by atoms with E-state index in [4.69, 9.17) is 4.42 Å². The fraction of sp³-hybridized carbons (Fsp3) is 0.296. The van der Waals surface area contributed by atoms with E-state index >= 15 is 0 Å². The molecule has 0 aliphatic heterocycles. The van der Waals surface area contributed by atoms with E-state index in [0.29, 0.717) is 37.7 Å². The molecule has 0 atom stereocenters. The van der Waals surface area contributed by atoms with Gasteiger partial charge in [0.2, 0.25) is 11.8 Å². The van der Waals surface area contributed by atoms with Crippen LogP contribution in [0.5, 0.6) is 0 Å². The monoisotopic (exact) mass is 458 g/mol. The molecule has 2 aromatic carbocycles. The SMILES string of the molecule is CCN(CC)C(=O)Cn1ccc2cc(NC(=O)CCc3ncc(-c4ccc(C)cc4)o3)ccc21. The van der Waals surface area contributed by atoms with Crippen LogP contribution in [0.4, 0.5) is 5.69 Å². The third-order valence-corrected chi connectivity index (χ3v) is 5.93. The molecule has 0 radical (unpaired) electrons. The lowest BCUT2D eigenvalue weighted by Crippen LogP contribution is -2.33. The first-order chi connectivity index (χ1) is 16.5. The van der Waals surface area contributed by atoms with Crippen molar-refractivity contribution in [2.75, 3.05) is 18.4 Å². The molecular formula is C27H30N4O3. The first kappa shape index (κ1) is 23.3. The van der Waals surface area contributed by atoms with Gasteiger partial charge in [0.15, 0.2) is 11.7 Å². The van der Waals surface area contributed by atoms with Gasteiger partial charge < -0.3 is 19.2 Å². The van der Waals surface area contributed by atoms with Crippen molar-refractivity contribution in [2.24, 2.45) is 0 Å². The molecule has 2 heterocycles. The van der Waals surface area contributed by atoms with E-state index in [2.05, 4.69) is 10.3 Å². The molecule has 7 nitrogen and oxygen atoms in total. The summed E-state index contributed by atoms with van der Waals surface area (Å²) in [4.78, 5) is 31.1. The molecule has 0 unspecified atom stereocenters. The van der Waals surface area contributed by atoms with Crippen LogP contribution < -0.4 is 5.32 Å². The summed E-state index contributed by atoms with van der Waals surface area (Å²) in [6.07, 6.45) is 4.29. The Morgan fingerprint density at radius 2 is 1.82 bits per heavy atom. The summed E-state index contributed by atoms with van der Waals surface area (Å²) in [5.74, 6) is 1.23. The highest BCUT2D eigenvalue weighted by molar-refractivity contribution is 5.94. The number of carbonyl (C=O) groups excluding carboxylic acids is 2. The van der Waals surface area contributed by atoms with Crippen molar-refractivity contribution in [3.05, 3.63) is 72.4 Å². The van der Waals surface area contributed by atoms with Crippen molar-refractivity contribution in [3.63, 3.8) is 0 Å². The van der Waals surface area contributed by atoms with Crippen LogP contribution in [-0.4, -0.2) is 39.4 Å². The number of nitrogens with one attached hydrogen (secondary N) is 1. The summed E-state index contributed by atoms with van der Waals surface area (Å²) in [5, 5.41) is 3.92. The highest BCUT2D eigenvalue weighted by atomic mass is 16.4. The van der Waals surface area contributed by atoms with Crippen LogP contribution in [0.3, 0.4) is 0 Å². The minimum Gasteiger partial charge on any atom is -0.441 e. The second-order valence-corrected chi connectivity index (χ2v) is 8.32. The largest absolute Gasteiger partial charge is 0.441 e. The summed E-state index contributed by atoms with van der Waals surface area (Å²) in [5.41, 5.74) is 3.83. The molecule has 4 aromatic rings. The highest BCUT2D eigenvalue weighted by Gasteiger charge is 2.13. The Labute approximate surface area is 199 Å². The molecular weight excluding hydrogens is 428 g/mol. The number of amides is 2. The molecule has 34 heavy (non-hydrogen) atoms. The van der Waals surface area contributed by atoms with Gasteiger partial charge in [-0.15, -0.1) is 0 Å². The minimum absolute atomic E-state index is 0.0944. The van der Waals surface area contributed by atoms with Gasteiger partial charge in [-0.1, -0.05) is 29.8 Å². The van der Waals surface area contributed by atoms with E-state index in [0.717, 1.165) is 22.2 Å². The molecule has 2 amide bonds. The van der Waals surface area contributed by atoms with Gasteiger partial charge >= 0.3 is 0 Å². The molecule has 4 rings (SSSR count). The fourth-order valence-corrected chi connectivity index (χ4v) is 3.96. The van der Waals surface area contributed by atoms with Crippen LogP contribution in [-0.2, 0) is 22.6 Å². The number of hydrogen-bond donors (Lipinski definition) is 1. The second kappa shape index (κ2) is 10.4. The number of fused-ring (bicyclic) bond motifs is 1. The van der Waals surface area contributed by atoms with Gasteiger partial charge in [0.25, 0.3) is 0 Å². The van der Waals surface area contributed by atoms with Gasteiger partial charge in [-0.05, 0) is 45.0 Å². The van der Waals surface area contributed by atoms with Crippen LogP contribution in [0.2, 0.25) is 0 Å². The molecule has 0 saturated carbocycles. The smallest absolute Gasteiger partial charge is 0.242 e. The number of oxazole rings is 1. The van der Waals surface area contributed by atoms with Crippen LogP contribution in [0.1, 0.15) is 31.7 Å². The number of nitrogens with zero attached hydrogens (tertiary/aromatic N) is 3. The molecule has 7 heteroatoms. The molecule has 0 aliphatic rings. The lowest BCUT2D eigenvalue weighted by Gasteiger charge is -2.19. The standard InChI is InChI=1S/C27H30N4O3/c1-4-30(5-2)27(33)18-31-15-14-21-16-22(10-11-23(21)31)29-25(32)12-13-26-28-17-24(34-26)20-8-6-19(3)7-9-20/h6-11,14-17H,4-5,12-13,18H2,1-3H3,(H,29,32). The van der Waals surface area contributed by atoms with Gasteiger partial charge in [0.05, 0.1) is 6.20 Å². The van der Waals surface area contributed by atoms with Crippen molar-refractivity contribution in [2.45, 2.75) is 40.2 Å². The molecule has 0 aliphatic carbocycles.